The van der Waals surface area contributed by atoms with Crippen LogP contribution in [0.1, 0.15) is 34.6 Å². The third-order valence-electron chi connectivity index (χ3n) is 5.83. The molecule has 0 aliphatic carbocycles. The van der Waals surface area contributed by atoms with Crippen LogP contribution in [0.25, 0.3) is 0 Å². The molecule has 0 amide bonds. The Labute approximate surface area is 186 Å². The minimum atomic E-state index is -1.69. The SMILES string of the molecule is C[C@H](CO[Si](C)(C)C(C)(C)C)[C@@H](C)C([Se]c1ccccc1)[Se]c1ccccc1. The van der Waals surface area contributed by atoms with E-state index in [-0.39, 0.29) is 5.04 Å². The summed E-state index contributed by atoms with van der Waals surface area (Å²) < 4.78 is 10.4. The predicted octanol–water partition coefficient (Wildman–Crippen LogP) is 5.09. The number of benzene rings is 2. The molecule has 4 heteroatoms. The van der Waals surface area contributed by atoms with Crippen LogP contribution in [0.4, 0.5) is 0 Å². The second-order valence-electron chi connectivity index (χ2n) is 9.14. The van der Waals surface area contributed by atoms with E-state index in [1.807, 2.05) is 0 Å². The van der Waals surface area contributed by atoms with Gasteiger partial charge in [-0.15, -0.1) is 0 Å². The molecule has 0 aliphatic rings. The van der Waals surface area contributed by atoms with Crippen molar-refractivity contribution in [3.8, 4) is 0 Å². The fourth-order valence-electron chi connectivity index (χ4n) is 2.48. The van der Waals surface area contributed by atoms with E-state index in [1.165, 1.54) is 8.92 Å². The molecule has 0 saturated heterocycles. The van der Waals surface area contributed by atoms with Gasteiger partial charge in [0.25, 0.3) is 0 Å². The zero-order valence-electron chi connectivity index (χ0n) is 18.4. The fraction of sp³-hybridized carbons (Fsp3) is 0.500. The van der Waals surface area contributed by atoms with E-state index in [4.69, 9.17) is 4.43 Å². The first-order valence-corrected chi connectivity index (χ1v) is 16.8. The summed E-state index contributed by atoms with van der Waals surface area (Å²) in [4.78, 5) is 0. The molecule has 2 aromatic carbocycles. The molecule has 0 spiro atoms. The second-order valence-corrected chi connectivity index (χ2v) is 20.6. The summed E-state index contributed by atoms with van der Waals surface area (Å²) in [5.41, 5.74) is 0. The molecule has 0 saturated carbocycles. The molecule has 0 heterocycles. The first-order chi connectivity index (χ1) is 13.1. The van der Waals surface area contributed by atoms with Crippen molar-refractivity contribution in [2.45, 2.75) is 56.5 Å². The average molecular weight is 527 g/mol. The van der Waals surface area contributed by atoms with Crippen molar-refractivity contribution < 1.29 is 4.43 Å². The van der Waals surface area contributed by atoms with E-state index >= 15 is 0 Å². The minimum absolute atomic E-state index is 0.275. The summed E-state index contributed by atoms with van der Waals surface area (Å²) in [6.07, 6.45) is 0. The van der Waals surface area contributed by atoms with Gasteiger partial charge < -0.3 is 0 Å². The molecule has 0 aromatic heterocycles. The molecule has 0 N–H and O–H groups in total. The molecular weight excluding hydrogens is 490 g/mol. The van der Waals surface area contributed by atoms with Gasteiger partial charge in [0.2, 0.25) is 0 Å². The van der Waals surface area contributed by atoms with Gasteiger partial charge in [0, 0.05) is 0 Å². The molecule has 1 nitrogen and oxygen atoms in total. The van der Waals surface area contributed by atoms with E-state index in [0.29, 0.717) is 41.7 Å². The quantitative estimate of drug-likeness (QED) is 0.414. The maximum absolute atomic E-state index is 6.58. The van der Waals surface area contributed by atoms with Crippen LogP contribution in [0.15, 0.2) is 60.7 Å². The molecule has 0 aliphatic heterocycles. The summed E-state index contributed by atoms with van der Waals surface area (Å²) in [7, 11) is -1.69. The summed E-state index contributed by atoms with van der Waals surface area (Å²) in [5, 5.41) is 0.275. The first kappa shape index (κ1) is 23.9. The zero-order valence-corrected chi connectivity index (χ0v) is 22.9. The van der Waals surface area contributed by atoms with E-state index < -0.39 is 8.32 Å². The van der Waals surface area contributed by atoms with Crippen LogP contribution in [0.3, 0.4) is 0 Å². The van der Waals surface area contributed by atoms with Crippen LogP contribution >= 0.6 is 0 Å². The van der Waals surface area contributed by atoms with Crippen LogP contribution in [0, 0.1) is 11.8 Å². The van der Waals surface area contributed by atoms with Crippen molar-refractivity contribution >= 4 is 47.2 Å². The third kappa shape index (κ3) is 7.16. The zero-order chi connectivity index (χ0) is 20.8. The number of rotatable bonds is 9. The van der Waals surface area contributed by atoms with Gasteiger partial charge in [-0.2, -0.15) is 0 Å². The molecule has 28 heavy (non-hydrogen) atoms. The van der Waals surface area contributed by atoms with Crippen LogP contribution in [0.2, 0.25) is 21.8 Å². The topological polar surface area (TPSA) is 9.23 Å². The van der Waals surface area contributed by atoms with Gasteiger partial charge in [-0.25, -0.2) is 0 Å². The summed E-state index contributed by atoms with van der Waals surface area (Å²) in [5.74, 6) is 1.24. The Hall–Kier alpha value is -0.344. The molecule has 0 radical (unpaired) electrons. The summed E-state index contributed by atoms with van der Waals surface area (Å²) in [6.45, 7) is 17.5. The van der Waals surface area contributed by atoms with Crippen LogP contribution < -0.4 is 8.92 Å². The monoisotopic (exact) mass is 528 g/mol. The maximum atomic E-state index is 6.58. The normalized spacial score (nSPS) is 14.9. The van der Waals surface area contributed by atoms with E-state index in [1.54, 1.807) is 0 Å². The van der Waals surface area contributed by atoms with Gasteiger partial charge in [-0.3, -0.25) is 0 Å². The first-order valence-electron chi connectivity index (χ1n) is 10.2. The standard InChI is InChI=1S/C24H36OSe2Si/c1-19(18-25-28(6,7)24(3,4)5)20(2)23(26-21-14-10-8-11-15-21)27-22-16-12-9-13-17-22/h8-17,19-20,23H,18H2,1-7H3/t19-,20-/m1/s1. The molecular formula is C24H36OSe2Si. The molecule has 0 unspecified atom stereocenters. The Morgan fingerprint density at radius 2 is 1.25 bits per heavy atom. The van der Waals surface area contributed by atoms with E-state index in [0.717, 1.165) is 10.3 Å². The second kappa shape index (κ2) is 10.6. The molecule has 2 aromatic rings. The predicted molar refractivity (Wildman–Crippen MR) is 129 cm³/mol. The van der Waals surface area contributed by atoms with Crippen molar-refractivity contribution in [3.63, 3.8) is 0 Å². The Morgan fingerprint density at radius 3 is 1.64 bits per heavy atom. The van der Waals surface area contributed by atoms with Crippen molar-refractivity contribution in [2.24, 2.45) is 11.8 Å². The summed E-state index contributed by atoms with van der Waals surface area (Å²) >= 11 is 0.976. The van der Waals surface area contributed by atoms with Gasteiger partial charge in [0.15, 0.2) is 0 Å². The molecule has 0 bridgehead atoms. The Bertz CT molecular complexity index is 656. The number of hydrogen-bond acceptors (Lipinski definition) is 1. The van der Waals surface area contributed by atoms with Crippen LogP contribution in [-0.2, 0) is 4.43 Å². The van der Waals surface area contributed by atoms with Crippen molar-refractivity contribution in [3.05, 3.63) is 60.7 Å². The van der Waals surface area contributed by atoms with E-state index in [9.17, 15) is 0 Å². The van der Waals surface area contributed by atoms with E-state index in [2.05, 4.69) is 108 Å². The Kier molecular flexibility index (Phi) is 9.07. The van der Waals surface area contributed by atoms with Crippen molar-refractivity contribution in [2.75, 3.05) is 6.61 Å². The van der Waals surface area contributed by atoms with Gasteiger partial charge in [0.1, 0.15) is 0 Å². The van der Waals surface area contributed by atoms with Crippen LogP contribution in [-0.4, -0.2) is 44.8 Å². The summed E-state index contributed by atoms with van der Waals surface area (Å²) in [6, 6.07) is 22.2. The van der Waals surface area contributed by atoms with Crippen LogP contribution in [0.5, 0.6) is 0 Å². The van der Waals surface area contributed by atoms with Gasteiger partial charge in [-0.05, 0) is 0 Å². The third-order valence-corrected chi connectivity index (χ3v) is 17.5. The molecule has 154 valence electrons. The van der Waals surface area contributed by atoms with Gasteiger partial charge in [-0.1, -0.05) is 0 Å². The van der Waals surface area contributed by atoms with Gasteiger partial charge >= 0.3 is 187 Å². The molecule has 2 rings (SSSR count). The Balaban J connectivity index is 2.09. The van der Waals surface area contributed by atoms with Crippen molar-refractivity contribution in [1.29, 1.82) is 0 Å². The number of hydrogen-bond donors (Lipinski definition) is 0. The Morgan fingerprint density at radius 1 is 0.821 bits per heavy atom. The average Bonchev–Trinajstić information content (AvgIpc) is 2.66. The molecule has 0 fully saturated rings. The molecule has 2 atom stereocenters. The van der Waals surface area contributed by atoms with Gasteiger partial charge in [0.05, 0.1) is 0 Å². The fourth-order valence-corrected chi connectivity index (χ4v) is 11.1. The van der Waals surface area contributed by atoms with Crippen molar-refractivity contribution in [1.82, 2.24) is 0 Å².